The molecule has 131 heavy (non-hydrogen) atoms. The van der Waals surface area contributed by atoms with Crippen LogP contribution in [0.25, 0.3) is 11.1 Å². The fourth-order valence-electron chi connectivity index (χ4n) is 16.3. The molecule has 0 spiro atoms. The van der Waals surface area contributed by atoms with E-state index in [1.165, 1.54) is 30.3 Å². The number of halogens is 2. The summed E-state index contributed by atoms with van der Waals surface area (Å²) in [6.07, 6.45) is -26.9. The van der Waals surface area contributed by atoms with Crippen molar-refractivity contribution in [3.8, 4) is 80.1 Å². The zero-order valence-corrected chi connectivity index (χ0v) is 71.1. The lowest BCUT2D eigenvalue weighted by Crippen LogP contribution is -2.65. The predicted octanol–water partition coefficient (Wildman–Crippen LogP) is 0.629. The van der Waals surface area contributed by atoms with Crippen LogP contribution in [-0.2, 0) is 68.5 Å². The van der Waals surface area contributed by atoms with E-state index in [-0.39, 0.29) is 39.8 Å². The van der Waals surface area contributed by atoms with Crippen LogP contribution >= 0.6 is 23.2 Å². The van der Waals surface area contributed by atoms with Crippen LogP contribution in [0.3, 0.4) is 0 Å². The standard InChI is InChI=1S/C87H95Cl2N9O33/c1-4-32(2)7-5-6-8-59(107)93-67-73(112)70(109)57(30-100)128-86(67)131-77-54-24-39-25-55(77)125-51-16-12-37(22-46(51)89)76(130-85-66(91-33(3)102)72(111)69(108)56(29-99)127-85)68-83(120)97-65(84(121)122)44-27-41(104)28-53(126-87-75(114)74(113)71(110)58(31-101)129-87)60(44)43-21-36(11-13-48(43)105)62(80(117)98-68)95-82(119)64(39)96-81(118)63-38-19-40(103)26-42(20-38)123-52-23-35(10-14-49(52)106)61(90)79(116)92-47(78(115)94-63)18-34-9-15-50(124-54)45(88)17-34/h9-17,19-28,32,47,56-58,61-76,85-87,99-101,103-106,108-114H,4-8,18,29-31,90H2,1-3H3,(H,91,102)(H,92,116)(H,93,107)(H,94,115)(H,95,119)(H,96,118)(H,97,120)(H,98,117)(H,121,122)/t32?,47-,56-,57-,58-,61-,62-,63+,64-,65+,66-,67-,68+,69-,70-,71-,72-,73-,74+,75+,76-,85+,86+,87+/m1/s1. The van der Waals surface area contributed by atoms with E-state index < -0.39 is 316 Å². The molecule has 8 amide bonds. The van der Waals surface area contributed by atoms with Crippen molar-refractivity contribution < 1.29 is 162 Å². The second-order valence-electron chi connectivity index (χ2n) is 32.6. The highest BCUT2D eigenvalue weighted by atomic mass is 35.5. The fraction of sp³-hybridized carbons (Fsp3) is 0.414. The summed E-state index contributed by atoms with van der Waals surface area (Å²) >= 11 is 14.7. The summed E-state index contributed by atoms with van der Waals surface area (Å²) in [6, 6.07) is 0.635. The van der Waals surface area contributed by atoms with Crippen LogP contribution in [0.5, 0.6) is 69.0 Å². The molecule has 3 saturated heterocycles. The van der Waals surface area contributed by atoms with Crippen molar-refractivity contribution in [2.45, 2.75) is 200 Å². The molecule has 16 rings (SSSR count). The van der Waals surface area contributed by atoms with E-state index in [4.69, 9.17) is 71.6 Å². The molecule has 42 nitrogen and oxygen atoms in total. The summed E-state index contributed by atoms with van der Waals surface area (Å²) in [4.78, 5) is 138. The Bertz CT molecular complexity index is 5540. The number of nitrogens with two attached hydrogens (primary N) is 1. The summed E-state index contributed by atoms with van der Waals surface area (Å²) < 4.78 is 57.4. The Morgan fingerprint density at radius 2 is 1.08 bits per heavy atom. The van der Waals surface area contributed by atoms with Gasteiger partial charge in [-0.3, -0.25) is 38.4 Å². The summed E-state index contributed by atoms with van der Waals surface area (Å²) in [5, 5.41) is 190. The smallest absolute Gasteiger partial charge is 0.330 e. The highest BCUT2D eigenvalue weighted by molar-refractivity contribution is 6.32. The Kier molecular flexibility index (Phi) is 29.0. The van der Waals surface area contributed by atoms with Gasteiger partial charge >= 0.3 is 5.97 Å². The lowest BCUT2D eigenvalue weighted by Gasteiger charge is -2.44. The van der Waals surface area contributed by atoms with Gasteiger partial charge in [-0.15, -0.1) is 0 Å². The molecule has 44 heteroatoms. The van der Waals surface area contributed by atoms with Crippen LogP contribution in [-0.4, -0.2) is 254 Å². The minimum Gasteiger partial charge on any atom is -0.508 e. The summed E-state index contributed by atoms with van der Waals surface area (Å²) in [5.74, 6) is -19.3. The van der Waals surface area contributed by atoms with Crippen molar-refractivity contribution in [2.75, 3.05) is 19.8 Å². The Labute approximate surface area is 753 Å². The molecule has 17 bridgehead atoms. The number of fused-ring (bicyclic) bond motifs is 14. The number of hydrogen-bond donors (Lipinski definition) is 24. The molecular weight excluding hydrogens is 1770 g/mol. The normalized spacial score (nSPS) is 29.2. The molecule has 9 aliphatic heterocycles. The van der Waals surface area contributed by atoms with E-state index in [0.29, 0.717) is 18.8 Å². The predicted molar refractivity (Wildman–Crippen MR) is 448 cm³/mol. The minimum absolute atomic E-state index is 0.0264. The van der Waals surface area contributed by atoms with Gasteiger partial charge in [0.25, 0.3) is 0 Å². The number of rotatable bonds is 18. The van der Waals surface area contributed by atoms with E-state index in [0.717, 1.165) is 105 Å². The molecule has 0 saturated carbocycles. The van der Waals surface area contributed by atoms with Crippen LogP contribution in [0.4, 0.5) is 0 Å². The summed E-state index contributed by atoms with van der Waals surface area (Å²) in [6.45, 7) is 1.87. The molecule has 3 fully saturated rings. The zero-order chi connectivity index (χ0) is 94.2. The molecule has 0 aliphatic carbocycles. The number of aliphatic hydroxyl groups excluding tert-OH is 10. The molecule has 24 atom stereocenters. The molecule has 1 unspecified atom stereocenters. The van der Waals surface area contributed by atoms with Crippen LogP contribution in [0.1, 0.15) is 128 Å². The number of hydrogen-bond acceptors (Lipinski definition) is 33. The van der Waals surface area contributed by atoms with Gasteiger partial charge in [-0.2, -0.15) is 0 Å². The van der Waals surface area contributed by atoms with E-state index >= 15 is 24.0 Å². The summed E-state index contributed by atoms with van der Waals surface area (Å²) in [7, 11) is 0. The molecule has 7 aromatic carbocycles. The third-order valence-electron chi connectivity index (χ3n) is 23.5. The first-order chi connectivity index (χ1) is 62.4. The number of carboxylic acids is 1. The Balaban J connectivity index is 1.04. The van der Waals surface area contributed by atoms with E-state index in [1.54, 1.807) is 0 Å². The second-order valence-corrected chi connectivity index (χ2v) is 33.4. The van der Waals surface area contributed by atoms with Gasteiger partial charge in [-0.25, -0.2) is 4.79 Å². The third kappa shape index (κ3) is 20.4. The first kappa shape index (κ1) is 95.0. The fourth-order valence-corrected chi connectivity index (χ4v) is 16.7. The SMILES string of the molecule is CCC(C)CCCCC(=O)N[C@H]1[C@H](Oc2c3cc4cc2Oc2ccc(cc2Cl)[C@@H](O[C@@H]2O[C@H](CO)[C@@H](O)[C@H](O)[C@H]2NC(C)=O)[C@@H]2NC(=O)[C@H](NC(=O)[C@@H]4NC(=O)[C@H]4NC(=O)[C@@H](Cc5ccc(c(Cl)c5)O3)NC(=O)[C@H](N)c3ccc(O)c(c3)Oc3cc(O)cc4c3)c3ccc(O)c(c3)-c3c(O[C@H]4O[C@H](CO)[C@@H](O)[C@H](O)[C@@H]4O)cc(O)cc3[C@@H](C(=O)O)NC2=O)O[C@H](CO)[C@@H](O)[C@@H]1O. The Morgan fingerprint density at radius 3 is 1.70 bits per heavy atom. The first-order valence-corrected chi connectivity index (χ1v) is 42.2. The lowest BCUT2D eigenvalue weighted by molar-refractivity contribution is -0.284. The number of aliphatic carboxylic acids is 1. The third-order valence-corrected chi connectivity index (χ3v) is 24.1. The number of carboxylic acid groups (broad SMARTS) is 1. The van der Waals surface area contributed by atoms with Crippen molar-refractivity contribution in [2.24, 2.45) is 11.7 Å². The van der Waals surface area contributed by atoms with Gasteiger partial charge in [0, 0.05) is 48.6 Å². The van der Waals surface area contributed by atoms with Gasteiger partial charge in [0.2, 0.25) is 65.6 Å². The number of nitrogens with one attached hydrogen (secondary N) is 8. The Morgan fingerprint density at radius 1 is 0.519 bits per heavy atom. The average molecular weight is 1870 g/mol. The monoisotopic (exact) mass is 1860 g/mol. The van der Waals surface area contributed by atoms with Crippen molar-refractivity contribution in [3.05, 3.63) is 164 Å². The maximum atomic E-state index is 17.0. The maximum Gasteiger partial charge on any atom is 0.330 e. The number of unbranched alkanes of at least 4 members (excludes halogenated alkanes) is 1. The van der Waals surface area contributed by atoms with Crippen LogP contribution < -0.4 is 72.0 Å². The van der Waals surface area contributed by atoms with Gasteiger partial charge in [-0.05, 0) is 125 Å². The molecule has 25 N–H and O–H groups in total. The van der Waals surface area contributed by atoms with Crippen LogP contribution in [0.15, 0.2) is 115 Å². The largest absolute Gasteiger partial charge is 0.508 e. The van der Waals surface area contributed by atoms with Crippen LogP contribution in [0, 0.1) is 5.92 Å². The van der Waals surface area contributed by atoms with Gasteiger partial charge in [0.15, 0.2) is 35.3 Å². The average Bonchev–Trinajstić information content (AvgIpc) is 0.753. The number of phenolic OH excluding ortho intramolecular Hbond substituents is 4. The number of aliphatic hydroxyl groups is 10. The maximum absolute atomic E-state index is 17.0. The minimum atomic E-state index is -2.59. The molecule has 0 radical (unpaired) electrons. The molecule has 9 aliphatic rings. The van der Waals surface area contributed by atoms with Gasteiger partial charge in [0.1, 0.15) is 156 Å². The van der Waals surface area contributed by atoms with Gasteiger partial charge in [0.05, 0.1) is 29.9 Å². The van der Waals surface area contributed by atoms with E-state index in [9.17, 15) is 95.8 Å². The Hall–Kier alpha value is -12.1. The second kappa shape index (κ2) is 40.0. The lowest BCUT2D eigenvalue weighted by atomic mass is 9.89. The topological polar surface area (TPSA) is 662 Å². The van der Waals surface area contributed by atoms with Crippen molar-refractivity contribution in [1.29, 1.82) is 0 Å². The number of aromatic hydroxyl groups is 4. The van der Waals surface area contributed by atoms with Gasteiger partial charge < -0.3 is 167 Å². The molecule has 0 aromatic heterocycles. The number of benzene rings is 7. The van der Waals surface area contributed by atoms with Crippen molar-refractivity contribution >= 4 is 76.4 Å². The van der Waals surface area contributed by atoms with Crippen LogP contribution in [0.2, 0.25) is 10.0 Å². The molecule has 7 aromatic rings. The quantitative estimate of drug-likeness (QED) is 0.0524. The molecule has 9 heterocycles. The molecule has 700 valence electrons. The number of phenols is 4. The number of carbonyl (C=O) groups is 9. The van der Waals surface area contributed by atoms with E-state index in [1.807, 2.05) is 13.8 Å². The zero-order valence-electron chi connectivity index (χ0n) is 69.6. The van der Waals surface area contributed by atoms with Crippen molar-refractivity contribution in [1.82, 2.24) is 42.5 Å². The first-order valence-electron chi connectivity index (χ1n) is 41.5. The molecular formula is C87H95Cl2N9O33. The summed E-state index contributed by atoms with van der Waals surface area (Å²) in [5.41, 5.74) is 2.78. The van der Waals surface area contributed by atoms with Crippen molar-refractivity contribution in [3.63, 3.8) is 0 Å². The number of amides is 8. The highest BCUT2D eigenvalue weighted by Gasteiger charge is 2.52. The number of ether oxygens (including phenoxy) is 9. The van der Waals surface area contributed by atoms with Gasteiger partial charge in [-0.1, -0.05) is 80.6 Å². The van der Waals surface area contributed by atoms with E-state index in [2.05, 4.69) is 42.5 Å². The highest BCUT2D eigenvalue weighted by Crippen LogP contribution is 2.51. The number of carbonyl (C=O) groups excluding carboxylic acids is 8.